The highest BCUT2D eigenvalue weighted by atomic mass is 16.2. The number of nitrogens with one attached hydrogen (secondary N) is 1. The predicted molar refractivity (Wildman–Crippen MR) is 98.0 cm³/mol. The molecule has 0 aromatic carbocycles. The zero-order valence-electron chi connectivity index (χ0n) is 15.2. The molecule has 2 aromatic rings. The van der Waals surface area contributed by atoms with Gasteiger partial charge in [-0.05, 0) is 20.8 Å². The Bertz CT molecular complexity index is 865. The molecule has 3 heterocycles. The average Bonchev–Trinajstić information content (AvgIpc) is 2.57. The number of carbonyl (C=O) groups is 1. The summed E-state index contributed by atoms with van der Waals surface area (Å²) in [6.07, 6.45) is 0.0635. The van der Waals surface area contributed by atoms with Crippen LogP contribution >= 0.6 is 0 Å². The highest BCUT2D eigenvalue weighted by molar-refractivity contribution is 5.79. The Labute approximate surface area is 151 Å². The van der Waals surface area contributed by atoms with E-state index >= 15 is 0 Å². The van der Waals surface area contributed by atoms with Crippen molar-refractivity contribution in [2.75, 3.05) is 36.8 Å². The molecule has 0 unspecified atom stereocenters. The maximum Gasteiger partial charge on any atom is 0.254 e. The summed E-state index contributed by atoms with van der Waals surface area (Å²) in [5.74, 6) is 1.51. The van der Waals surface area contributed by atoms with Crippen molar-refractivity contribution in [2.24, 2.45) is 0 Å². The fourth-order valence-electron chi connectivity index (χ4n) is 3.14. The van der Waals surface area contributed by atoms with Crippen LogP contribution in [0.25, 0.3) is 0 Å². The second-order valence-electron chi connectivity index (χ2n) is 6.49. The van der Waals surface area contributed by atoms with E-state index in [1.54, 1.807) is 18.7 Å². The molecule has 0 aliphatic carbocycles. The lowest BCUT2D eigenvalue weighted by atomic mass is 10.1. The van der Waals surface area contributed by atoms with Gasteiger partial charge >= 0.3 is 0 Å². The first-order valence-electron chi connectivity index (χ1n) is 8.54. The fourth-order valence-corrected chi connectivity index (χ4v) is 3.14. The number of aromatic nitrogens is 4. The van der Waals surface area contributed by atoms with E-state index in [1.165, 1.54) is 0 Å². The zero-order chi connectivity index (χ0) is 18.8. The molecule has 1 saturated heterocycles. The SMILES string of the molecule is Cc1cc(N2CCN(C(=O)Cc3c(C)nc(C)[nH]c3=O)CC2)nc(N)n1. The number of nitrogen functional groups attached to an aromatic ring is 1. The summed E-state index contributed by atoms with van der Waals surface area (Å²) < 4.78 is 0. The van der Waals surface area contributed by atoms with Crippen LogP contribution in [-0.2, 0) is 11.2 Å². The third kappa shape index (κ3) is 3.81. The second kappa shape index (κ2) is 7.11. The van der Waals surface area contributed by atoms with Gasteiger partial charge in [-0.1, -0.05) is 0 Å². The summed E-state index contributed by atoms with van der Waals surface area (Å²) in [6, 6.07) is 1.88. The highest BCUT2D eigenvalue weighted by Crippen LogP contribution is 2.16. The zero-order valence-corrected chi connectivity index (χ0v) is 15.2. The number of rotatable bonds is 3. The molecular weight excluding hydrogens is 334 g/mol. The van der Waals surface area contributed by atoms with E-state index < -0.39 is 0 Å². The van der Waals surface area contributed by atoms with Gasteiger partial charge in [-0.15, -0.1) is 0 Å². The molecule has 1 fully saturated rings. The van der Waals surface area contributed by atoms with E-state index in [0.29, 0.717) is 43.3 Å². The van der Waals surface area contributed by atoms with Crippen molar-refractivity contribution in [2.45, 2.75) is 27.2 Å². The van der Waals surface area contributed by atoms with Crippen molar-refractivity contribution in [3.05, 3.63) is 39.2 Å². The molecule has 1 aliphatic heterocycles. The van der Waals surface area contributed by atoms with Gasteiger partial charge in [0.1, 0.15) is 11.6 Å². The molecule has 0 spiro atoms. The van der Waals surface area contributed by atoms with Crippen LogP contribution in [0.1, 0.15) is 22.8 Å². The van der Waals surface area contributed by atoms with Gasteiger partial charge in [0, 0.05) is 49.2 Å². The number of anilines is 2. The van der Waals surface area contributed by atoms with Crippen LogP contribution in [0, 0.1) is 20.8 Å². The topological polar surface area (TPSA) is 121 Å². The maximum absolute atomic E-state index is 12.6. The summed E-state index contributed by atoms with van der Waals surface area (Å²) >= 11 is 0. The molecule has 2 aromatic heterocycles. The number of aryl methyl sites for hydroxylation is 3. The molecule has 0 atom stereocenters. The Morgan fingerprint density at radius 3 is 2.46 bits per heavy atom. The molecule has 9 heteroatoms. The predicted octanol–water partition coefficient (Wildman–Crippen LogP) is -0.0413. The molecule has 0 bridgehead atoms. The van der Waals surface area contributed by atoms with Crippen LogP contribution in [0.3, 0.4) is 0 Å². The number of amides is 1. The van der Waals surface area contributed by atoms with E-state index in [-0.39, 0.29) is 23.8 Å². The van der Waals surface area contributed by atoms with E-state index in [9.17, 15) is 9.59 Å². The van der Waals surface area contributed by atoms with Crippen LogP contribution in [0.2, 0.25) is 0 Å². The molecule has 138 valence electrons. The molecule has 26 heavy (non-hydrogen) atoms. The van der Waals surface area contributed by atoms with Crippen molar-refractivity contribution in [1.82, 2.24) is 24.8 Å². The van der Waals surface area contributed by atoms with Gasteiger partial charge in [0.25, 0.3) is 5.56 Å². The lowest BCUT2D eigenvalue weighted by Gasteiger charge is -2.35. The summed E-state index contributed by atoms with van der Waals surface area (Å²) in [6.45, 7) is 7.80. The average molecular weight is 357 g/mol. The smallest absolute Gasteiger partial charge is 0.254 e. The Kier molecular flexibility index (Phi) is 4.88. The van der Waals surface area contributed by atoms with Gasteiger partial charge in [0.15, 0.2) is 0 Å². The molecule has 3 N–H and O–H groups in total. The number of hydrogen-bond acceptors (Lipinski definition) is 7. The Morgan fingerprint density at radius 2 is 1.85 bits per heavy atom. The van der Waals surface area contributed by atoms with Gasteiger partial charge in [0.05, 0.1) is 6.42 Å². The summed E-state index contributed by atoms with van der Waals surface area (Å²) in [7, 11) is 0. The molecule has 0 radical (unpaired) electrons. The standard InChI is InChI=1S/C17H23N7O2/c1-10-8-14(22-17(18)19-10)23-4-6-24(7-5-23)15(25)9-13-11(2)20-12(3)21-16(13)26/h8H,4-7,9H2,1-3H3,(H2,18,19,22)(H,20,21,26). The van der Waals surface area contributed by atoms with Crippen LogP contribution in [-0.4, -0.2) is 56.9 Å². The quantitative estimate of drug-likeness (QED) is 0.790. The second-order valence-corrected chi connectivity index (χ2v) is 6.49. The Hall–Kier alpha value is -2.97. The van der Waals surface area contributed by atoms with E-state index in [4.69, 9.17) is 5.73 Å². The van der Waals surface area contributed by atoms with Gasteiger partial charge < -0.3 is 20.5 Å². The minimum atomic E-state index is -0.242. The first-order valence-corrected chi connectivity index (χ1v) is 8.54. The van der Waals surface area contributed by atoms with Crippen LogP contribution in [0.5, 0.6) is 0 Å². The number of nitrogens with zero attached hydrogens (tertiary/aromatic N) is 5. The number of nitrogens with two attached hydrogens (primary N) is 1. The molecule has 1 aliphatic rings. The lowest BCUT2D eigenvalue weighted by molar-refractivity contribution is -0.130. The first kappa shape index (κ1) is 17.8. The van der Waals surface area contributed by atoms with Crippen molar-refractivity contribution in [3.8, 4) is 0 Å². The lowest BCUT2D eigenvalue weighted by Crippen LogP contribution is -2.49. The van der Waals surface area contributed by atoms with Crippen LogP contribution < -0.4 is 16.2 Å². The monoisotopic (exact) mass is 357 g/mol. The Morgan fingerprint density at radius 1 is 1.15 bits per heavy atom. The normalized spacial score (nSPS) is 14.6. The number of carbonyl (C=O) groups excluding carboxylic acids is 1. The number of H-pyrrole nitrogens is 1. The van der Waals surface area contributed by atoms with E-state index in [2.05, 4.69) is 24.8 Å². The van der Waals surface area contributed by atoms with Crippen molar-refractivity contribution in [1.29, 1.82) is 0 Å². The van der Waals surface area contributed by atoms with Crippen molar-refractivity contribution < 1.29 is 4.79 Å². The molecule has 3 rings (SSSR count). The third-order valence-corrected chi connectivity index (χ3v) is 4.48. The minimum absolute atomic E-state index is 0.0635. The van der Waals surface area contributed by atoms with Gasteiger partial charge in [-0.3, -0.25) is 9.59 Å². The number of hydrogen-bond donors (Lipinski definition) is 2. The molecule has 9 nitrogen and oxygen atoms in total. The van der Waals surface area contributed by atoms with E-state index in [0.717, 1.165) is 11.5 Å². The van der Waals surface area contributed by atoms with Crippen LogP contribution in [0.15, 0.2) is 10.9 Å². The fraction of sp³-hybridized carbons (Fsp3) is 0.471. The van der Waals surface area contributed by atoms with Gasteiger partial charge in [-0.2, -0.15) is 4.98 Å². The first-order chi connectivity index (χ1) is 12.3. The van der Waals surface area contributed by atoms with Gasteiger partial charge in [0.2, 0.25) is 11.9 Å². The summed E-state index contributed by atoms with van der Waals surface area (Å²) in [5.41, 5.74) is 7.32. The van der Waals surface area contributed by atoms with Crippen LogP contribution in [0.4, 0.5) is 11.8 Å². The van der Waals surface area contributed by atoms with Gasteiger partial charge in [-0.25, -0.2) is 9.97 Å². The number of aromatic amines is 1. The maximum atomic E-state index is 12.6. The van der Waals surface area contributed by atoms with Crippen molar-refractivity contribution >= 4 is 17.7 Å². The molecular formula is C17H23N7O2. The third-order valence-electron chi connectivity index (χ3n) is 4.48. The summed E-state index contributed by atoms with van der Waals surface area (Å²) in [4.78, 5) is 43.8. The summed E-state index contributed by atoms with van der Waals surface area (Å²) in [5, 5.41) is 0. The Balaban J connectivity index is 1.65. The largest absolute Gasteiger partial charge is 0.368 e. The van der Waals surface area contributed by atoms with Crippen molar-refractivity contribution in [3.63, 3.8) is 0 Å². The minimum Gasteiger partial charge on any atom is -0.368 e. The number of piperazine rings is 1. The highest BCUT2D eigenvalue weighted by Gasteiger charge is 2.23. The molecule has 0 saturated carbocycles. The van der Waals surface area contributed by atoms with E-state index in [1.807, 2.05) is 13.0 Å². The molecule has 1 amide bonds.